The number of aromatic nitrogens is 2. The van der Waals surface area contributed by atoms with Gasteiger partial charge >= 0.3 is 11.8 Å². The lowest BCUT2D eigenvalue weighted by atomic mass is 10.1. The summed E-state index contributed by atoms with van der Waals surface area (Å²) in [5.41, 5.74) is 2.31. The Morgan fingerprint density at radius 3 is 2.64 bits per heavy atom. The second-order valence-corrected chi connectivity index (χ2v) is 6.23. The van der Waals surface area contributed by atoms with Crippen LogP contribution in [0.1, 0.15) is 18.1 Å². The van der Waals surface area contributed by atoms with E-state index in [0.29, 0.717) is 12.6 Å². The average Bonchev–Trinajstić information content (AvgIpc) is 3.08. The third-order valence-electron chi connectivity index (χ3n) is 4.22. The molecule has 7 heteroatoms. The summed E-state index contributed by atoms with van der Waals surface area (Å²) in [6.45, 7) is 5.19. The topological polar surface area (TPSA) is 73.4 Å². The van der Waals surface area contributed by atoms with E-state index in [1.807, 2.05) is 6.92 Å². The molecule has 0 saturated carbocycles. The number of benzene rings is 1. The van der Waals surface area contributed by atoms with Gasteiger partial charge in [-0.3, -0.25) is 9.47 Å². The van der Waals surface area contributed by atoms with Crippen molar-refractivity contribution >= 4 is 5.82 Å². The molecule has 0 spiro atoms. The molecule has 0 fully saturated rings. The molecule has 0 aliphatic carbocycles. The fraction of sp³-hybridized carbons (Fsp3) is 0.400. The van der Waals surface area contributed by atoms with Gasteiger partial charge in [0.15, 0.2) is 0 Å². The Labute approximate surface area is 127 Å². The Morgan fingerprint density at radius 2 is 2.05 bits per heavy atom. The Hall–Kier alpha value is -2.41. The number of rotatable bonds is 3. The van der Waals surface area contributed by atoms with Crippen molar-refractivity contribution in [3.05, 3.63) is 51.7 Å². The number of hydrogen-bond acceptors (Lipinski definition) is 5. The average molecular weight is 300 g/mol. The molecule has 114 valence electrons. The lowest BCUT2D eigenvalue weighted by Crippen LogP contribution is -2.43. The van der Waals surface area contributed by atoms with Gasteiger partial charge in [0, 0.05) is 24.6 Å². The van der Waals surface area contributed by atoms with Gasteiger partial charge in [0.25, 0.3) is 0 Å². The third kappa shape index (κ3) is 2.14. The summed E-state index contributed by atoms with van der Waals surface area (Å²) in [5, 5.41) is 10.7. The predicted octanol–water partition coefficient (Wildman–Crippen LogP) is 1.96. The quantitative estimate of drug-likeness (QED) is 0.640. The van der Waals surface area contributed by atoms with E-state index in [9.17, 15) is 10.1 Å². The Bertz CT molecular complexity index is 706. The standard InChI is InChI=1S/C15H16N4O3/c1-15(9-17-6-11-4-2-3-5-12(11)7-17)10-18-8-13(19(20)21)16-14(18)22-15/h2-5,8H,6-7,9-10H2,1H3/t15-/m0/s1. The number of ether oxygens (including phenoxy) is 1. The summed E-state index contributed by atoms with van der Waals surface area (Å²) in [4.78, 5) is 16.5. The van der Waals surface area contributed by atoms with E-state index in [2.05, 4.69) is 34.1 Å². The fourth-order valence-corrected chi connectivity index (χ4v) is 3.35. The molecule has 2 aliphatic heterocycles. The molecule has 0 N–H and O–H groups in total. The van der Waals surface area contributed by atoms with Crippen molar-refractivity contribution in [1.29, 1.82) is 0 Å². The zero-order chi connectivity index (χ0) is 15.3. The Balaban J connectivity index is 1.46. The molecule has 0 amide bonds. The zero-order valence-electron chi connectivity index (χ0n) is 12.2. The van der Waals surface area contributed by atoms with Crippen LogP contribution in [0.15, 0.2) is 30.5 Å². The largest absolute Gasteiger partial charge is 0.436 e. The van der Waals surface area contributed by atoms with Crippen LogP contribution in [0.4, 0.5) is 5.82 Å². The van der Waals surface area contributed by atoms with Crippen molar-refractivity contribution in [2.24, 2.45) is 0 Å². The van der Waals surface area contributed by atoms with Crippen LogP contribution in [0.5, 0.6) is 6.01 Å². The van der Waals surface area contributed by atoms with Gasteiger partial charge in [-0.25, -0.2) is 0 Å². The first-order chi connectivity index (χ1) is 10.5. The molecular weight excluding hydrogens is 284 g/mol. The van der Waals surface area contributed by atoms with Gasteiger partial charge in [-0.2, -0.15) is 0 Å². The SMILES string of the molecule is C[C@]1(CN2Cc3ccccc3C2)Cn2cc([N+](=O)[O-])nc2O1. The van der Waals surface area contributed by atoms with Crippen LogP contribution in [0.25, 0.3) is 0 Å². The van der Waals surface area contributed by atoms with E-state index < -0.39 is 10.5 Å². The number of nitro groups is 1. The van der Waals surface area contributed by atoms with Gasteiger partial charge in [0.1, 0.15) is 11.8 Å². The summed E-state index contributed by atoms with van der Waals surface area (Å²) < 4.78 is 7.62. The molecule has 0 saturated heterocycles. The van der Waals surface area contributed by atoms with Gasteiger partial charge < -0.3 is 14.9 Å². The maximum atomic E-state index is 10.7. The molecule has 1 aromatic carbocycles. The molecule has 2 aliphatic rings. The minimum Gasteiger partial charge on any atom is -0.436 e. The highest BCUT2D eigenvalue weighted by Gasteiger charge is 2.42. The highest BCUT2D eigenvalue weighted by atomic mass is 16.6. The van der Waals surface area contributed by atoms with Crippen LogP contribution in [0, 0.1) is 10.1 Å². The van der Waals surface area contributed by atoms with Gasteiger partial charge in [-0.05, 0) is 23.0 Å². The predicted molar refractivity (Wildman–Crippen MR) is 78.5 cm³/mol. The fourth-order valence-electron chi connectivity index (χ4n) is 3.35. The van der Waals surface area contributed by atoms with Crippen molar-refractivity contribution < 1.29 is 9.66 Å². The van der Waals surface area contributed by atoms with Crippen molar-refractivity contribution in [3.63, 3.8) is 0 Å². The second-order valence-electron chi connectivity index (χ2n) is 6.23. The monoisotopic (exact) mass is 300 g/mol. The lowest BCUT2D eigenvalue weighted by Gasteiger charge is -2.27. The summed E-state index contributed by atoms with van der Waals surface area (Å²) in [5.74, 6) is -0.161. The minimum absolute atomic E-state index is 0.161. The Kier molecular flexibility index (Phi) is 2.74. The molecule has 0 unspecified atom stereocenters. The van der Waals surface area contributed by atoms with Gasteiger partial charge in [-0.1, -0.05) is 24.3 Å². The van der Waals surface area contributed by atoms with E-state index in [1.54, 1.807) is 4.57 Å². The molecule has 0 radical (unpaired) electrons. The van der Waals surface area contributed by atoms with Crippen LogP contribution >= 0.6 is 0 Å². The zero-order valence-corrected chi connectivity index (χ0v) is 12.2. The summed E-state index contributed by atoms with van der Waals surface area (Å²) >= 11 is 0. The number of imidazole rings is 1. The summed E-state index contributed by atoms with van der Waals surface area (Å²) in [6.07, 6.45) is 1.44. The molecule has 0 bridgehead atoms. The molecule has 7 nitrogen and oxygen atoms in total. The first-order valence-electron chi connectivity index (χ1n) is 7.22. The summed E-state index contributed by atoms with van der Waals surface area (Å²) in [6, 6.07) is 8.77. The van der Waals surface area contributed by atoms with E-state index in [1.165, 1.54) is 17.3 Å². The maximum Gasteiger partial charge on any atom is 0.415 e. The molecule has 22 heavy (non-hydrogen) atoms. The molecule has 3 heterocycles. The van der Waals surface area contributed by atoms with Crippen LogP contribution in [0.3, 0.4) is 0 Å². The van der Waals surface area contributed by atoms with E-state index in [4.69, 9.17) is 4.74 Å². The van der Waals surface area contributed by atoms with E-state index in [0.717, 1.165) is 19.6 Å². The van der Waals surface area contributed by atoms with Crippen LogP contribution in [-0.2, 0) is 19.6 Å². The highest BCUT2D eigenvalue weighted by molar-refractivity contribution is 5.30. The van der Waals surface area contributed by atoms with Crippen LogP contribution < -0.4 is 4.74 Å². The van der Waals surface area contributed by atoms with Crippen molar-refractivity contribution in [2.75, 3.05) is 6.54 Å². The van der Waals surface area contributed by atoms with Gasteiger partial charge in [-0.15, -0.1) is 0 Å². The Morgan fingerprint density at radius 1 is 1.36 bits per heavy atom. The maximum absolute atomic E-state index is 10.7. The van der Waals surface area contributed by atoms with Crippen LogP contribution in [0.2, 0.25) is 0 Å². The number of hydrogen-bond donors (Lipinski definition) is 0. The van der Waals surface area contributed by atoms with E-state index >= 15 is 0 Å². The van der Waals surface area contributed by atoms with Crippen molar-refractivity contribution in [2.45, 2.75) is 32.2 Å². The minimum atomic E-state index is -0.497. The first kappa shape index (κ1) is 13.3. The molecule has 1 atom stereocenters. The van der Waals surface area contributed by atoms with Gasteiger partial charge in [0.2, 0.25) is 0 Å². The smallest absolute Gasteiger partial charge is 0.415 e. The van der Waals surface area contributed by atoms with Crippen LogP contribution in [-0.4, -0.2) is 31.5 Å². The number of fused-ring (bicyclic) bond motifs is 2. The molecule has 2 aromatic rings. The second kappa shape index (κ2) is 4.54. The highest BCUT2D eigenvalue weighted by Crippen LogP contribution is 2.33. The number of nitrogens with zero attached hydrogens (tertiary/aromatic N) is 4. The first-order valence-corrected chi connectivity index (χ1v) is 7.22. The van der Waals surface area contributed by atoms with E-state index in [-0.39, 0.29) is 5.82 Å². The molecule has 4 rings (SSSR count). The molecular formula is C15H16N4O3. The van der Waals surface area contributed by atoms with Crippen molar-refractivity contribution in [3.8, 4) is 6.01 Å². The van der Waals surface area contributed by atoms with Gasteiger partial charge in [0.05, 0.1) is 6.54 Å². The lowest BCUT2D eigenvalue weighted by molar-refractivity contribution is -0.389. The molecule has 1 aromatic heterocycles. The third-order valence-corrected chi connectivity index (χ3v) is 4.22. The normalized spacial score (nSPS) is 23.1. The van der Waals surface area contributed by atoms with Crippen molar-refractivity contribution in [1.82, 2.24) is 14.5 Å². The summed E-state index contributed by atoms with van der Waals surface area (Å²) in [7, 11) is 0.